The average molecular weight is 215 g/mol. The highest BCUT2D eigenvalue weighted by molar-refractivity contribution is 5.37. The van der Waals surface area contributed by atoms with Gasteiger partial charge in [-0.3, -0.25) is 0 Å². The molecule has 0 spiro atoms. The minimum absolute atomic E-state index is 0.293. The molecule has 1 fully saturated rings. The Balaban J connectivity index is 1.91. The van der Waals surface area contributed by atoms with Crippen LogP contribution in [0.4, 0.5) is 0 Å². The largest absolute Gasteiger partial charge is 0.324 e. The molecule has 1 heteroatoms. The van der Waals surface area contributed by atoms with E-state index in [-0.39, 0.29) is 0 Å². The van der Waals surface area contributed by atoms with E-state index in [1.54, 1.807) is 5.56 Å². The van der Waals surface area contributed by atoms with E-state index < -0.39 is 0 Å². The fraction of sp³-hybridized carbons (Fsp3) is 0.600. The van der Waals surface area contributed by atoms with Crippen molar-refractivity contribution in [3.05, 3.63) is 34.9 Å². The van der Waals surface area contributed by atoms with Crippen LogP contribution in [0.2, 0.25) is 0 Å². The fourth-order valence-electron chi connectivity index (χ4n) is 3.38. The van der Waals surface area contributed by atoms with Crippen molar-refractivity contribution in [3.8, 4) is 0 Å². The summed E-state index contributed by atoms with van der Waals surface area (Å²) in [6.07, 6.45) is 9.29. The van der Waals surface area contributed by atoms with Crippen LogP contribution in [-0.4, -0.2) is 0 Å². The third-order valence-corrected chi connectivity index (χ3v) is 4.35. The van der Waals surface area contributed by atoms with Gasteiger partial charge in [-0.05, 0) is 54.7 Å². The zero-order valence-corrected chi connectivity index (χ0v) is 9.91. The van der Waals surface area contributed by atoms with Crippen molar-refractivity contribution < 1.29 is 0 Å². The molecular weight excluding hydrogens is 194 g/mol. The first kappa shape index (κ1) is 10.3. The van der Waals surface area contributed by atoms with E-state index in [2.05, 4.69) is 18.2 Å². The van der Waals surface area contributed by atoms with Gasteiger partial charge in [0.1, 0.15) is 0 Å². The molecule has 2 N–H and O–H groups in total. The number of hydrogen-bond donors (Lipinski definition) is 1. The lowest BCUT2D eigenvalue weighted by Gasteiger charge is -2.23. The van der Waals surface area contributed by atoms with Crippen LogP contribution < -0.4 is 5.73 Å². The minimum atomic E-state index is 0.293. The quantitative estimate of drug-likeness (QED) is 0.759. The summed E-state index contributed by atoms with van der Waals surface area (Å²) in [5, 5.41) is 0. The van der Waals surface area contributed by atoms with Crippen LogP contribution in [0.1, 0.15) is 67.2 Å². The molecule has 0 heterocycles. The average Bonchev–Trinajstić information content (AvgIpc) is 2.82. The van der Waals surface area contributed by atoms with Gasteiger partial charge in [-0.25, -0.2) is 0 Å². The molecule has 1 unspecified atom stereocenters. The van der Waals surface area contributed by atoms with Crippen molar-refractivity contribution in [1.29, 1.82) is 0 Å². The van der Waals surface area contributed by atoms with Crippen LogP contribution in [0, 0.1) is 0 Å². The predicted molar refractivity (Wildman–Crippen MR) is 67.5 cm³/mol. The lowest BCUT2D eigenvalue weighted by molar-refractivity contribution is 0.568. The summed E-state index contributed by atoms with van der Waals surface area (Å²) in [4.78, 5) is 0. The van der Waals surface area contributed by atoms with Gasteiger partial charge in [0.2, 0.25) is 0 Å². The Kier molecular flexibility index (Phi) is 2.72. The Morgan fingerprint density at radius 2 is 1.81 bits per heavy atom. The second-order valence-electron chi connectivity index (χ2n) is 5.44. The molecule has 0 radical (unpaired) electrons. The Labute approximate surface area is 98.0 Å². The Morgan fingerprint density at radius 1 is 1.00 bits per heavy atom. The third-order valence-electron chi connectivity index (χ3n) is 4.35. The monoisotopic (exact) mass is 215 g/mol. The molecule has 2 aliphatic carbocycles. The summed E-state index contributed by atoms with van der Waals surface area (Å²) in [6, 6.07) is 7.37. The third kappa shape index (κ3) is 1.78. The van der Waals surface area contributed by atoms with Crippen molar-refractivity contribution in [2.45, 2.75) is 56.9 Å². The lowest BCUT2D eigenvalue weighted by Crippen LogP contribution is -2.17. The fourth-order valence-corrected chi connectivity index (χ4v) is 3.38. The van der Waals surface area contributed by atoms with Gasteiger partial charge in [-0.15, -0.1) is 0 Å². The van der Waals surface area contributed by atoms with Crippen molar-refractivity contribution in [1.82, 2.24) is 0 Å². The summed E-state index contributed by atoms with van der Waals surface area (Å²) < 4.78 is 0. The molecule has 0 bridgehead atoms. The summed E-state index contributed by atoms with van der Waals surface area (Å²) in [6.45, 7) is 0. The minimum Gasteiger partial charge on any atom is -0.324 e. The Bertz CT molecular complexity index is 377. The topological polar surface area (TPSA) is 26.0 Å². The smallest absolute Gasteiger partial charge is 0.0297 e. The first-order valence-corrected chi connectivity index (χ1v) is 6.73. The van der Waals surface area contributed by atoms with Gasteiger partial charge in [0.15, 0.2) is 0 Å². The highest BCUT2D eigenvalue weighted by Gasteiger charge is 2.21. The molecule has 2 aliphatic rings. The number of hydrogen-bond acceptors (Lipinski definition) is 1. The summed E-state index contributed by atoms with van der Waals surface area (Å²) in [5.74, 6) is 0.837. The van der Waals surface area contributed by atoms with Gasteiger partial charge in [0.25, 0.3) is 0 Å². The number of nitrogens with two attached hydrogens (primary N) is 1. The van der Waals surface area contributed by atoms with E-state index in [4.69, 9.17) is 5.73 Å². The van der Waals surface area contributed by atoms with Gasteiger partial charge in [-0.1, -0.05) is 31.0 Å². The molecular formula is C15H21N. The SMILES string of the molecule is NC1CCCc2cc(C3CCCC3)ccc21. The standard InChI is InChI=1S/C15H21N/c16-15-7-3-6-13-10-12(8-9-14(13)15)11-4-1-2-5-11/h8-11,15H,1-7,16H2. The number of benzene rings is 1. The first-order chi connectivity index (χ1) is 7.84. The molecule has 0 aromatic heterocycles. The van der Waals surface area contributed by atoms with Crippen LogP contribution in [0.25, 0.3) is 0 Å². The van der Waals surface area contributed by atoms with Gasteiger partial charge in [0, 0.05) is 6.04 Å². The van der Waals surface area contributed by atoms with Crippen LogP contribution in [0.5, 0.6) is 0 Å². The highest BCUT2D eigenvalue weighted by Crippen LogP contribution is 2.37. The van der Waals surface area contributed by atoms with Gasteiger partial charge >= 0.3 is 0 Å². The van der Waals surface area contributed by atoms with E-state index in [9.17, 15) is 0 Å². The maximum Gasteiger partial charge on any atom is 0.0297 e. The first-order valence-electron chi connectivity index (χ1n) is 6.73. The van der Waals surface area contributed by atoms with Crippen molar-refractivity contribution >= 4 is 0 Å². The highest BCUT2D eigenvalue weighted by atomic mass is 14.6. The Morgan fingerprint density at radius 3 is 2.62 bits per heavy atom. The van der Waals surface area contributed by atoms with E-state index in [1.165, 1.54) is 49.7 Å². The van der Waals surface area contributed by atoms with E-state index >= 15 is 0 Å². The van der Waals surface area contributed by atoms with Gasteiger partial charge in [0.05, 0.1) is 0 Å². The zero-order chi connectivity index (χ0) is 11.0. The molecule has 1 atom stereocenters. The van der Waals surface area contributed by atoms with Crippen molar-refractivity contribution in [2.75, 3.05) is 0 Å². The van der Waals surface area contributed by atoms with Gasteiger partial charge in [-0.2, -0.15) is 0 Å². The molecule has 86 valence electrons. The molecule has 3 rings (SSSR count). The molecule has 0 aliphatic heterocycles. The molecule has 0 saturated heterocycles. The van der Waals surface area contributed by atoms with Crippen LogP contribution >= 0.6 is 0 Å². The number of fused-ring (bicyclic) bond motifs is 1. The number of aryl methyl sites for hydroxylation is 1. The van der Waals surface area contributed by atoms with Crippen molar-refractivity contribution in [2.24, 2.45) is 5.73 Å². The predicted octanol–water partition coefficient (Wildman–Crippen LogP) is 3.68. The maximum atomic E-state index is 6.15. The second kappa shape index (κ2) is 4.21. The van der Waals surface area contributed by atoms with E-state index in [0.717, 1.165) is 12.3 Å². The van der Waals surface area contributed by atoms with E-state index in [1.807, 2.05) is 0 Å². The summed E-state index contributed by atoms with van der Waals surface area (Å²) >= 11 is 0. The lowest BCUT2D eigenvalue weighted by atomic mass is 9.85. The summed E-state index contributed by atoms with van der Waals surface area (Å²) in [7, 11) is 0. The second-order valence-corrected chi connectivity index (χ2v) is 5.44. The van der Waals surface area contributed by atoms with E-state index in [0.29, 0.717) is 6.04 Å². The van der Waals surface area contributed by atoms with Crippen LogP contribution in [0.3, 0.4) is 0 Å². The normalized spacial score (nSPS) is 25.7. The van der Waals surface area contributed by atoms with Crippen molar-refractivity contribution in [3.63, 3.8) is 0 Å². The van der Waals surface area contributed by atoms with Gasteiger partial charge < -0.3 is 5.73 Å². The molecule has 1 nitrogen and oxygen atoms in total. The molecule has 0 amide bonds. The maximum absolute atomic E-state index is 6.15. The summed E-state index contributed by atoms with van der Waals surface area (Å²) in [5.41, 5.74) is 10.7. The Hall–Kier alpha value is -0.820. The zero-order valence-electron chi connectivity index (χ0n) is 9.91. The number of rotatable bonds is 1. The molecule has 1 saturated carbocycles. The molecule has 16 heavy (non-hydrogen) atoms. The van der Waals surface area contributed by atoms with Crippen LogP contribution in [0.15, 0.2) is 18.2 Å². The van der Waals surface area contributed by atoms with Crippen LogP contribution in [-0.2, 0) is 6.42 Å². The molecule has 1 aromatic carbocycles. The molecule has 1 aromatic rings.